The summed E-state index contributed by atoms with van der Waals surface area (Å²) in [5, 5.41) is 0. The first kappa shape index (κ1) is 22.2. The van der Waals surface area contributed by atoms with Gasteiger partial charge in [0.05, 0.1) is 0 Å². The van der Waals surface area contributed by atoms with Gasteiger partial charge in [0, 0.05) is 20.3 Å². The molecule has 0 saturated carbocycles. The third kappa shape index (κ3) is 10.1. The molecule has 0 amide bonds. The summed E-state index contributed by atoms with van der Waals surface area (Å²) < 4.78 is 22.0. The zero-order valence-electron chi connectivity index (χ0n) is 17.1. The van der Waals surface area contributed by atoms with Crippen LogP contribution in [-0.2, 0) is 20.6 Å². The number of unbranched alkanes of at least 4 members (excludes halogenated alkanes) is 7. The molecule has 0 aliphatic carbocycles. The van der Waals surface area contributed by atoms with Crippen molar-refractivity contribution in [2.45, 2.75) is 83.3 Å². The number of hydrogen-bond donors (Lipinski definition) is 0. The summed E-state index contributed by atoms with van der Waals surface area (Å²) in [5.41, 5.74) is 1.29. The van der Waals surface area contributed by atoms with Crippen molar-refractivity contribution in [2.24, 2.45) is 0 Å². The summed E-state index contributed by atoms with van der Waals surface area (Å²) in [6.07, 6.45) is 15.0. The molecule has 1 fully saturated rings. The van der Waals surface area contributed by atoms with E-state index in [4.69, 9.17) is 18.9 Å². The van der Waals surface area contributed by atoms with E-state index in [1.54, 1.807) is 7.11 Å². The Morgan fingerprint density at radius 3 is 2.41 bits per heavy atom. The molecule has 1 saturated heterocycles. The van der Waals surface area contributed by atoms with Gasteiger partial charge in [-0.15, -0.1) is 0 Å². The van der Waals surface area contributed by atoms with Crippen LogP contribution in [0.3, 0.4) is 0 Å². The molecular weight excluding hydrogens is 340 g/mol. The molecule has 4 nitrogen and oxygen atoms in total. The average molecular weight is 379 g/mol. The van der Waals surface area contributed by atoms with Gasteiger partial charge in [0.1, 0.15) is 5.75 Å². The molecule has 0 N–H and O–H groups in total. The van der Waals surface area contributed by atoms with Crippen LogP contribution in [-0.4, -0.2) is 33.4 Å². The van der Waals surface area contributed by atoms with Crippen molar-refractivity contribution in [1.82, 2.24) is 0 Å². The van der Waals surface area contributed by atoms with Crippen LogP contribution in [0, 0.1) is 0 Å². The third-order valence-corrected chi connectivity index (χ3v) is 5.09. The van der Waals surface area contributed by atoms with E-state index in [0.29, 0.717) is 6.79 Å². The Labute approximate surface area is 165 Å². The molecule has 1 unspecified atom stereocenters. The highest BCUT2D eigenvalue weighted by Crippen LogP contribution is 2.21. The molecule has 0 radical (unpaired) electrons. The van der Waals surface area contributed by atoms with Gasteiger partial charge in [0.15, 0.2) is 13.1 Å². The van der Waals surface area contributed by atoms with E-state index in [2.05, 4.69) is 12.1 Å². The van der Waals surface area contributed by atoms with E-state index >= 15 is 0 Å². The van der Waals surface area contributed by atoms with Crippen LogP contribution in [0.5, 0.6) is 5.75 Å². The molecule has 0 spiro atoms. The van der Waals surface area contributed by atoms with E-state index in [-0.39, 0.29) is 6.29 Å². The maximum absolute atomic E-state index is 5.78. The summed E-state index contributed by atoms with van der Waals surface area (Å²) in [4.78, 5) is 0. The fraction of sp³-hybridized carbons (Fsp3) is 0.739. The molecule has 1 aromatic rings. The maximum atomic E-state index is 5.78. The Morgan fingerprint density at radius 2 is 1.67 bits per heavy atom. The highest BCUT2D eigenvalue weighted by atomic mass is 16.7. The molecule has 1 aliphatic rings. The van der Waals surface area contributed by atoms with Gasteiger partial charge in [-0.25, -0.2) is 0 Å². The molecule has 1 aliphatic heterocycles. The zero-order chi connectivity index (χ0) is 19.0. The molecule has 27 heavy (non-hydrogen) atoms. The van der Waals surface area contributed by atoms with Gasteiger partial charge in [-0.3, -0.25) is 0 Å². The van der Waals surface area contributed by atoms with E-state index in [0.717, 1.165) is 38.2 Å². The molecule has 154 valence electrons. The van der Waals surface area contributed by atoms with Gasteiger partial charge in [0.2, 0.25) is 0 Å². The maximum Gasteiger partial charge on any atom is 0.188 e. The minimum atomic E-state index is 0.0729. The smallest absolute Gasteiger partial charge is 0.188 e. The van der Waals surface area contributed by atoms with Crippen molar-refractivity contribution in [3.05, 3.63) is 29.8 Å². The Bertz CT molecular complexity index is 471. The van der Waals surface area contributed by atoms with Gasteiger partial charge < -0.3 is 18.9 Å². The number of para-hydroxylation sites is 1. The van der Waals surface area contributed by atoms with Gasteiger partial charge in [-0.1, -0.05) is 56.7 Å². The van der Waals surface area contributed by atoms with Crippen LogP contribution in [0.25, 0.3) is 0 Å². The van der Waals surface area contributed by atoms with E-state index in [1.807, 2.05) is 12.1 Å². The molecule has 4 heteroatoms. The lowest BCUT2D eigenvalue weighted by Gasteiger charge is -2.22. The van der Waals surface area contributed by atoms with Gasteiger partial charge in [-0.2, -0.15) is 0 Å². The fourth-order valence-corrected chi connectivity index (χ4v) is 3.51. The van der Waals surface area contributed by atoms with Crippen LogP contribution in [0.1, 0.15) is 76.2 Å². The minimum Gasteiger partial charge on any atom is -0.467 e. The van der Waals surface area contributed by atoms with Crippen LogP contribution < -0.4 is 4.74 Å². The fourth-order valence-electron chi connectivity index (χ4n) is 3.51. The summed E-state index contributed by atoms with van der Waals surface area (Å²) in [7, 11) is 1.65. The highest BCUT2D eigenvalue weighted by molar-refractivity contribution is 5.33. The highest BCUT2D eigenvalue weighted by Gasteiger charge is 2.13. The number of rotatable bonds is 15. The second-order valence-electron chi connectivity index (χ2n) is 7.40. The quantitative estimate of drug-likeness (QED) is 0.282. The Balaban J connectivity index is 1.39. The van der Waals surface area contributed by atoms with Crippen LogP contribution in [0.15, 0.2) is 24.3 Å². The van der Waals surface area contributed by atoms with Crippen LogP contribution in [0.4, 0.5) is 0 Å². The molecular formula is C23H38O4. The molecule has 1 atom stereocenters. The molecule has 0 aromatic heterocycles. The van der Waals surface area contributed by atoms with Crippen molar-refractivity contribution < 1.29 is 18.9 Å². The van der Waals surface area contributed by atoms with E-state index < -0.39 is 0 Å². The summed E-state index contributed by atoms with van der Waals surface area (Å²) in [5.74, 6) is 0.959. The minimum absolute atomic E-state index is 0.0729. The predicted molar refractivity (Wildman–Crippen MR) is 109 cm³/mol. The topological polar surface area (TPSA) is 36.9 Å². The molecule has 0 bridgehead atoms. The first-order valence-electron chi connectivity index (χ1n) is 10.8. The molecule has 2 rings (SSSR count). The monoisotopic (exact) mass is 378 g/mol. The normalized spacial score (nSPS) is 17.1. The second kappa shape index (κ2) is 14.9. The molecule has 1 aromatic carbocycles. The summed E-state index contributed by atoms with van der Waals surface area (Å²) in [6, 6.07) is 8.28. The lowest BCUT2D eigenvalue weighted by atomic mass is 10.0. The third-order valence-electron chi connectivity index (χ3n) is 5.09. The van der Waals surface area contributed by atoms with Crippen LogP contribution >= 0.6 is 0 Å². The first-order valence-corrected chi connectivity index (χ1v) is 10.8. The predicted octanol–water partition coefficient (Wildman–Crippen LogP) is 5.88. The van der Waals surface area contributed by atoms with Gasteiger partial charge >= 0.3 is 0 Å². The van der Waals surface area contributed by atoms with Gasteiger partial charge in [-0.05, 0) is 50.2 Å². The lowest BCUT2D eigenvalue weighted by Crippen LogP contribution is -2.22. The average Bonchev–Trinajstić information content (AvgIpc) is 2.72. The van der Waals surface area contributed by atoms with Crippen molar-refractivity contribution in [2.75, 3.05) is 27.1 Å². The lowest BCUT2D eigenvalue weighted by molar-refractivity contribution is -0.162. The van der Waals surface area contributed by atoms with Crippen molar-refractivity contribution >= 4 is 0 Å². The number of hydrogen-bond acceptors (Lipinski definition) is 4. The van der Waals surface area contributed by atoms with E-state index in [1.165, 1.54) is 63.4 Å². The standard InChI is InChI=1S/C23H38O4/c1-24-20-27-22-16-10-9-15-21(22)14-8-6-4-2-3-5-7-12-18-25-23-17-11-13-19-26-23/h9-10,15-16,23H,2-8,11-14,17-20H2,1H3. The number of aryl methyl sites for hydroxylation is 1. The largest absolute Gasteiger partial charge is 0.467 e. The van der Waals surface area contributed by atoms with E-state index in [9.17, 15) is 0 Å². The number of methoxy groups -OCH3 is 1. The Kier molecular flexibility index (Phi) is 12.2. The van der Waals surface area contributed by atoms with Crippen molar-refractivity contribution in [1.29, 1.82) is 0 Å². The van der Waals surface area contributed by atoms with Crippen molar-refractivity contribution in [3.63, 3.8) is 0 Å². The Hall–Kier alpha value is -1.10. The first-order chi connectivity index (χ1) is 13.4. The van der Waals surface area contributed by atoms with Crippen LogP contribution in [0.2, 0.25) is 0 Å². The second-order valence-corrected chi connectivity index (χ2v) is 7.40. The SMILES string of the molecule is COCOc1ccccc1CCCCCCCCCCOC1CCCCO1. The van der Waals surface area contributed by atoms with Gasteiger partial charge in [0.25, 0.3) is 0 Å². The summed E-state index contributed by atoms with van der Waals surface area (Å²) >= 11 is 0. The molecule has 1 heterocycles. The number of benzene rings is 1. The van der Waals surface area contributed by atoms with Crippen molar-refractivity contribution in [3.8, 4) is 5.75 Å². The zero-order valence-corrected chi connectivity index (χ0v) is 17.1. The Morgan fingerprint density at radius 1 is 0.926 bits per heavy atom. The number of ether oxygens (including phenoxy) is 4. The summed E-state index contributed by atoms with van der Waals surface area (Å²) in [6.45, 7) is 2.04.